The molecule has 0 radical (unpaired) electrons. The molecule has 212 valence electrons. The van der Waals surface area contributed by atoms with E-state index in [0.29, 0.717) is 23.9 Å². The van der Waals surface area contributed by atoms with Crippen molar-refractivity contribution >= 4 is 21.8 Å². The van der Waals surface area contributed by atoms with E-state index in [2.05, 4.69) is 72.2 Å². The van der Waals surface area contributed by atoms with Gasteiger partial charge in [0.1, 0.15) is 12.2 Å². The van der Waals surface area contributed by atoms with Crippen LogP contribution in [0.25, 0.3) is 21.8 Å². The van der Waals surface area contributed by atoms with Crippen LogP contribution < -0.4 is 18.9 Å². The number of rotatable bonds is 2. The maximum atomic E-state index is 6.43. The molecule has 4 aliphatic heterocycles. The van der Waals surface area contributed by atoms with Crippen LogP contribution in [0.2, 0.25) is 0 Å². The first-order chi connectivity index (χ1) is 19.4. The van der Waals surface area contributed by atoms with E-state index in [1.807, 2.05) is 12.1 Å². The number of H-pyrrole nitrogens is 2. The van der Waals surface area contributed by atoms with E-state index >= 15 is 0 Å². The Labute approximate surface area is 235 Å². The van der Waals surface area contributed by atoms with Crippen molar-refractivity contribution in [2.75, 3.05) is 41.4 Å². The van der Waals surface area contributed by atoms with Gasteiger partial charge in [-0.1, -0.05) is 13.8 Å². The molecular formula is C32H40N4O4. The third-order valence-electron chi connectivity index (χ3n) is 9.66. The number of hydrogen-bond acceptors (Lipinski definition) is 6. The predicted octanol–water partition coefficient (Wildman–Crippen LogP) is 4.86. The van der Waals surface area contributed by atoms with Gasteiger partial charge in [-0.15, -0.1) is 0 Å². The Bertz CT molecular complexity index is 1440. The van der Waals surface area contributed by atoms with E-state index in [0.717, 1.165) is 60.0 Å². The lowest BCUT2D eigenvalue weighted by Crippen LogP contribution is -2.37. The molecule has 2 aromatic carbocycles. The van der Waals surface area contributed by atoms with Gasteiger partial charge in [-0.3, -0.25) is 9.80 Å². The smallest absolute Gasteiger partial charge is 0.171 e. The quantitative estimate of drug-likeness (QED) is 0.376. The number of likely N-dealkylation sites (tertiary alicyclic amines) is 2. The van der Waals surface area contributed by atoms with Crippen LogP contribution >= 0.6 is 0 Å². The summed E-state index contributed by atoms with van der Waals surface area (Å²) in [4.78, 5) is 11.5. The van der Waals surface area contributed by atoms with Crippen molar-refractivity contribution in [2.24, 2.45) is 11.8 Å². The van der Waals surface area contributed by atoms with Crippen LogP contribution in [0.5, 0.6) is 23.0 Å². The van der Waals surface area contributed by atoms with Gasteiger partial charge in [0.25, 0.3) is 0 Å². The molecule has 2 N–H and O–H groups in total. The number of aromatic amines is 2. The first-order valence-corrected chi connectivity index (χ1v) is 14.5. The van der Waals surface area contributed by atoms with Crippen molar-refractivity contribution in [1.29, 1.82) is 0 Å². The van der Waals surface area contributed by atoms with E-state index < -0.39 is 0 Å². The summed E-state index contributed by atoms with van der Waals surface area (Å²) < 4.78 is 23.9. The third kappa shape index (κ3) is 3.87. The summed E-state index contributed by atoms with van der Waals surface area (Å²) in [5.74, 6) is 4.57. The second-order valence-corrected chi connectivity index (χ2v) is 12.2. The summed E-state index contributed by atoms with van der Waals surface area (Å²) in [6.45, 7) is 6.73. The summed E-state index contributed by atoms with van der Waals surface area (Å²) in [7, 11) is 7.81. The number of nitrogens with zero attached hydrogens (tertiary/aromatic N) is 2. The highest BCUT2D eigenvalue weighted by Gasteiger charge is 2.43. The molecule has 0 saturated carbocycles. The number of likely N-dealkylation sites (N-methyl/N-ethyl adjacent to an activating group) is 2. The molecule has 0 bridgehead atoms. The third-order valence-corrected chi connectivity index (χ3v) is 9.66. The van der Waals surface area contributed by atoms with Gasteiger partial charge in [-0.2, -0.15) is 0 Å². The van der Waals surface area contributed by atoms with Gasteiger partial charge >= 0.3 is 0 Å². The molecule has 2 aromatic heterocycles. The highest BCUT2D eigenvalue weighted by molar-refractivity contribution is 5.93. The Hall–Kier alpha value is -3.36. The minimum absolute atomic E-state index is 0.242. The maximum absolute atomic E-state index is 6.43. The van der Waals surface area contributed by atoms with Gasteiger partial charge in [0.05, 0.1) is 26.3 Å². The number of ether oxygens (including phenoxy) is 4. The molecule has 0 amide bonds. The molecule has 2 saturated heterocycles. The fourth-order valence-corrected chi connectivity index (χ4v) is 7.66. The van der Waals surface area contributed by atoms with E-state index in [4.69, 9.17) is 18.9 Å². The second kappa shape index (κ2) is 9.63. The minimum atomic E-state index is 0.242. The highest BCUT2D eigenvalue weighted by atomic mass is 16.5. The minimum Gasteiger partial charge on any atom is -0.493 e. The lowest BCUT2D eigenvalue weighted by atomic mass is 9.99. The average Bonchev–Trinajstić information content (AvgIpc) is 3.61. The number of hydrogen-bond donors (Lipinski definition) is 2. The van der Waals surface area contributed by atoms with Crippen LogP contribution in [-0.2, 0) is 12.8 Å². The summed E-state index contributed by atoms with van der Waals surface area (Å²) in [5, 5.41) is 2.39. The fraction of sp³-hybridized carbons (Fsp3) is 0.500. The molecule has 8 nitrogen and oxygen atoms in total. The predicted molar refractivity (Wildman–Crippen MR) is 157 cm³/mol. The van der Waals surface area contributed by atoms with Crippen molar-refractivity contribution < 1.29 is 18.9 Å². The number of benzene rings is 2. The van der Waals surface area contributed by atoms with Gasteiger partial charge in [0.2, 0.25) is 0 Å². The van der Waals surface area contributed by atoms with Crippen LogP contribution in [0.1, 0.15) is 25.0 Å². The number of methoxy groups -OCH3 is 2. The zero-order valence-corrected chi connectivity index (χ0v) is 24.3. The Kier molecular flexibility index (Phi) is 6.16. The maximum Gasteiger partial charge on any atom is 0.171 e. The highest BCUT2D eigenvalue weighted by Crippen LogP contribution is 2.45. The molecule has 0 aliphatic carbocycles. The molecule has 8 heteroatoms. The monoisotopic (exact) mass is 544 g/mol. The van der Waals surface area contributed by atoms with Crippen molar-refractivity contribution in [2.45, 2.75) is 51.0 Å². The van der Waals surface area contributed by atoms with Crippen molar-refractivity contribution in [3.8, 4) is 23.0 Å². The molecule has 6 heterocycles. The van der Waals surface area contributed by atoms with Crippen molar-refractivity contribution in [1.82, 2.24) is 19.8 Å². The van der Waals surface area contributed by atoms with Crippen LogP contribution in [0.4, 0.5) is 0 Å². The molecule has 40 heavy (non-hydrogen) atoms. The van der Waals surface area contributed by atoms with E-state index in [-0.39, 0.29) is 12.2 Å². The van der Waals surface area contributed by atoms with Gasteiger partial charge in [-0.25, -0.2) is 0 Å². The lowest BCUT2D eigenvalue weighted by molar-refractivity contribution is 0.130. The van der Waals surface area contributed by atoms with Gasteiger partial charge in [-0.05, 0) is 62.3 Å². The summed E-state index contributed by atoms with van der Waals surface area (Å²) in [5.41, 5.74) is 4.93. The molecule has 0 unspecified atom stereocenters. The van der Waals surface area contributed by atoms with E-state index in [1.165, 1.54) is 21.9 Å². The summed E-state index contributed by atoms with van der Waals surface area (Å²) in [6.07, 6.45) is 6.79. The van der Waals surface area contributed by atoms with Crippen LogP contribution in [0, 0.1) is 11.8 Å². The topological polar surface area (TPSA) is 75.0 Å². The molecule has 4 aromatic rings. The van der Waals surface area contributed by atoms with Crippen molar-refractivity contribution in [3.05, 3.63) is 47.8 Å². The van der Waals surface area contributed by atoms with E-state index in [1.54, 1.807) is 14.2 Å². The average molecular weight is 545 g/mol. The molecule has 6 atom stereocenters. The molecule has 8 rings (SSSR count). The summed E-state index contributed by atoms with van der Waals surface area (Å²) in [6, 6.07) is 9.00. The van der Waals surface area contributed by atoms with Crippen molar-refractivity contribution in [3.63, 3.8) is 0 Å². The molecule has 0 spiro atoms. The Morgan fingerprint density at radius 2 is 1.12 bits per heavy atom. The number of fused-ring (bicyclic) bond motifs is 2. The zero-order chi connectivity index (χ0) is 27.7. The molecular weight excluding hydrogens is 504 g/mol. The van der Waals surface area contributed by atoms with E-state index in [9.17, 15) is 0 Å². The zero-order valence-electron chi connectivity index (χ0n) is 24.3. The molecule has 2 fully saturated rings. The van der Waals surface area contributed by atoms with Gasteiger partial charge in [0.15, 0.2) is 23.0 Å². The lowest BCUT2D eigenvalue weighted by Gasteiger charge is -2.24. The van der Waals surface area contributed by atoms with Crippen LogP contribution in [0.3, 0.4) is 0 Å². The fourth-order valence-electron chi connectivity index (χ4n) is 7.66. The Morgan fingerprint density at radius 3 is 1.52 bits per heavy atom. The Balaban J connectivity index is 0.000000132. The normalized spacial score (nSPS) is 29.1. The first kappa shape index (κ1) is 25.6. The first-order valence-electron chi connectivity index (χ1n) is 14.5. The Morgan fingerprint density at radius 1 is 0.700 bits per heavy atom. The number of aromatic nitrogens is 2. The van der Waals surface area contributed by atoms with Gasteiger partial charge in [0, 0.05) is 59.1 Å². The standard InChI is InChI=1S/2C16H20N2O2/c2*1-9-8-18(2)12-6-10-7-17-11-4-5-13(19-3)16(14(10)11)20-15(9)12/h2*4-5,7,9,12,15,17H,6,8H2,1-3H3/t2*9-,12+,15-/m10/s1. The van der Waals surface area contributed by atoms with Gasteiger partial charge < -0.3 is 28.9 Å². The summed E-state index contributed by atoms with van der Waals surface area (Å²) >= 11 is 0. The van der Waals surface area contributed by atoms with Crippen LogP contribution in [-0.4, -0.2) is 85.5 Å². The van der Waals surface area contributed by atoms with Crippen LogP contribution in [0.15, 0.2) is 36.7 Å². The molecule has 4 aliphatic rings. The largest absolute Gasteiger partial charge is 0.493 e. The second-order valence-electron chi connectivity index (χ2n) is 12.2. The number of nitrogens with one attached hydrogen (secondary N) is 2. The SMILES string of the molecule is COc1ccc2[nH]cc3c2c1O[C@@H]1[C@@H](C3)N(C)C[C@@H]1C.COc1ccc2[nH]cc3c2c1O[C@@H]1[C@H](C)CN(C)[C@H]1C3.